The van der Waals surface area contributed by atoms with E-state index in [0.29, 0.717) is 5.56 Å². The van der Waals surface area contributed by atoms with Gasteiger partial charge in [-0.1, -0.05) is 12.1 Å². The van der Waals surface area contributed by atoms with Crippen LogP contribution in [0.2, 0.25) is 0 Å². The Kier molecular flexibility index (Phi) is 3.85. The van der Waals surface area contributed by atoms with Gasteiger partial charge < -0.3 is 9.84 Å². The molecule has 0 unspecified atom stereocenters. The van der Waals surface area contributed by atoms with Crippen molar-refractivity contribution in [3.8, 4) is 5.75 Å². The van der Waals surface area contributed by atoms with Crippen molar-refractivity contribution in [1.29, 1.82) is 0 Å². The highest BCUT2D eigenvalue weighted by molar-refractivity contribution is 7.14. The minimum absolute atomic E-state index is 0.163. The molecule has 0 radical (unpaired) electrons. The van der Waals surface area contributed by atoms with E-state index in [9.17, 15) is 9.18 Å². The number of thiophene rings is 1. The fraction of sp³-hybridized carbons (Fsp3) is 0.214. The molecule has 0 saturated heterocycles. The standard InChI is InChI=1S/C14H13FO3S/c1-8-4-3-5-11(13(8)15)18-7-10-6-12(14(16)17)19-9(10)2/h3-6H,7H2,1-2H3,(H,16,17). The molecule has 0 aliphatic carbocycles. The molecule has 0 bridgehead atoms. The Morgan fingerprint density at radius 1 is 1.42 bits per heavy atom. The number of benzene rings is 1. The lowest BCUT2D eigenvalue weighted by molar-refractivity contribution is 0.0702. The van der Waals surface area contributed by atoms with Crippen molar-refractivity contribution in [3.05, 3.63) is 51.0 Å². The maximum atomic E-state index is 13.7. The number of aromatic carboxylic acids is 1. The van der Waals surface area contributed by atoms with Crippen LogP contribution in [0.1, 0.15) is 25.7 Å². The minimum Gasteiger partial charge on any atom is -0.486 e. The average molecular weight is 280 g/mol. The molecule has 0 atom stereocenters. The van der Waals surface area contributed by atoms with Crippen LogP contribution < -0.4 is 4.74 Å². The van der Waals surface area contributed by atoms with Gasteiger partial charge in [0.05, 0.1) is 0 Å². The van der Waals surface area contributed by atoms with Crippen LogP contribution in [-0.2, 0) is 6.61 Å². The Balaban J connectivity index is 2.14. The summed E-state index contributed by atoms with van der Waals surface area (Å²) in [6.07, 6.45) is 0. The lowest BCUT2D eigenvalue weighted by Gasteiger charge is -2.08. The van der Waals surface area contributed by atoms with E-state index in [4.69, 9.17) is 9.84 Å². The van der Waals surface area contributed by atoms with Crippen molar-refractivity contribution in [3.63, 3.8) is 0 Å². The lowest BCUT2D eigenvalue weighted by atomic mass is 10.2. The van der Waals surface area contributed by atoms with E-state index in [2.05, 4.69) is 0 Å². The van der Waals surface area contributed by atoms with Gasteiger partial charge in [-0.2, -0.15) is 0 Å². The molecule has 2 aromatic rings. The number of rotatable bonds is 4. The van der Waals surface area contributed by atoms with Gasteiger partial charge >= 0.3 is 5.97 Å². The summed E-state index contributed by atoms with van der Waals surface area (Å²) >= 11 is 1.19. The van der Waals surface area contributed by atoms with E-state index in [-0.39, 0.29) is 23.1 Å². The van der Waals surface area contributed by atoms with Crippen molar-refractivity contribution in [2.45, 2.75) is 20.5 Å². The van der Waals surface area contributed by atoms with Gasteiger partial charge in [-0.15, -0.1) is 11.3 Å². The predicted molar refractivity (Wildman–Crippen MR) is 71.5 cm³/mol. The highest BCUT2D eigenvalue weighted by Crippen LogP contribution is 2.25. The largest absolute Gasteiger partial charge is 0.486 e. The average Bonchev–Trinajstić information content (AvgIpc) is 2.73. The Labute approximate surface area is 114 Å². The first-order valence-corrected chi connectivity index (χ1v) is 6.51. The van der Waals surface area contributed by atoms with Gasteiger partial charge in [-0.25, -0.2) is 9.18 Å². The number of carbonyl (C=O) groups is 1. The third-order valence-corrected chi connectivity index (χ3v) is 3.85. The number of carboxylic acids is 1. The SMILES string of the molecule is Cc1cccc(OCc2cc(C(=O)O)sc2C)c1F. The molecule has 3 nitrogen and oxygen atoms in total. The van der Waals surface area contributed by atoms with Crippen LogP contribution in [0.4, 0.5) is 4.39 Å². The molecule has 2 rings (SSSR count). The molecular weight excluding hydrogens is 267 g/mol. The Morgan fingerprint density at radius 2 is 2.16 bits per heavy atom. The second-order valence-electron chi connectivity index (χ2n) is 4.17. The molecule has 100 valence electrons. The van der Waals surface area contributed by atoms with Gasteiger partial charge in [-0.05, 0) is 31.5 Å². The van der Waals surface area contributed by atoms with Gasteiger partial charge in [0.2, 0.25) is 0 Å². The van der Waals surface area contributed by atoms with E-state index in [0.717, 1.165) is 10.4 Å². The van der Waals surface area contributed by atoms with Crippen molar-refractivity contribution >= 4 is 17.3 Å². The first-order valence-electron chi connectivity index (χ1n) is 5.69. The quantitative estimate of drug-likeness (QED) is 0.927. The monoisotopic (exact) mass is 280 g/mol. The topological polar surface area (TPSA) is 46.5 Å². The van der Waals surface area contributed by atoms with Crippen LogP contribution in [0.5, 0.6) is 5.75 Å². The van der Waals surface area contributed by atoms with Crippen LogP contribution in [0.15, 0.2) is 24.3 Å². The zero-order chi connectivity index (χ0) is 14.0. The molecule has 0 aliphatic rings. The van der Waals surface area contributed by atoms with Crippen LogP contribution in [0.25, 0.3) is 0 Å². The molecule has 1 aromatic carbocycles. The van der Waals surface area contributed by atoms with E-state index in [1.807, 2.05) is 6.92 Å². The number of carboxylic acid groups (broad SMARTS) is 1. The van der Waals surface area contributed by atoms with Gasteiger partial charge in [0.1, 0.15) is 11.5 Å². The molecule has 0 amide bonds. The first-order chi connectivity index (χ1) is 8.99. The summed E-state index contributed by atoms with van der Waals surface area (Å²) in [7, 11) is 0. The number of hydrogen-bond acceptors (Lipinski definition) is 3. The number of halogens is 1. The molecule has 1 heterocycles. The molecule has 0 spiro atoms. The van der Waals surface area contributed by atoms with Crippen molar-refractivity contribution in [1.82, 2.24) is 0 Å². The zero-order valence-electron chi connectivity index (χ0n) is 10.6. The van der Waals surface area contributed by atoms with Crippen LogP contribution in [0, 0.1) is 19.7 Å². The van der Waals surface area contributed by atoms with Gasteiger partial charge in [0.25, 0.3) is 0 Å². The summed E-state index contributed by atoms with van der Waals surface area (Å²) in [5, 5.41) is 8.90. The van der Waals surface area contributed by atoms with Crippen molar-refractivity contribution in [2.24, 2.45) is 0 Å². The van der Waals surface area contributed by atoms with E-state index in [1.165, 1.54) is 11.3 Å². The smallest absolute Gasteiger partial charge is 0.345 e. The lowest BCUT2D eigenvalue weighted by Crippen LogP contribution is -1.99. The molecular formula is C14H13FO3S. The van der Waals surface area contributed by atoms with Gasteiger partial charge in [0.15, 0.2) is 11.6 Å². The molecule has 0 aliphatic heterocycles. The van der Waals surface area contributed by atoms with Crippen LogP contribution in [-0.4, -0.2) is 11.1 Å². The second-order valence-corrected chi connectivity index (χ2v) is 5.43. The van der Waals surface area contributed by atoms with E-state index < -0.39 is 5.97 Å². The van der Waals surface area contributed by atoms with Gasteiger partial charge in [-0.3, -0.25) is 0 Å². The molecule has 19 heavy (non-hydrogen) atoms. The third kappa shape index (κ3) is 2.93. The predicted octanol–water partition coefficient (Wildman–Crippen LogP) is 3.78. The summed E-state index contributed by atoms with van der Waals surface area (Å²) in [6.45, 7) is 3.65. The van der Waals surface area contributed by atoms with Crippen LogP contribution in [0.3, 0.4) is 0 Å². The second kappa shape index (κ2) is 5.40. The molecule has 0 fully saturated rings. The molecule has 1 N–H and O–H groups in total. The summed E-state index contributed by atoms with van der Waals surface area (Å²) in [5.74, 6) is -1.16. The Hall–Kier alpha value is -1.88. The number of hydrogen-bond donors (Lipinski definition) is 1. The molecule has 5 heteroatoms. The van der Waals surface area contributed by atoms with Crippen molar-refractivity contribution < 1.29 is 19.0 Å². The normalized spacial score (nSPS) is 10.5. The Bertz CT molecular complexity index is 619. The zero-order valence-corrected chi connectivity index (χ0v) is 11.4. The first kappa shape index (κ1) is 13.5. The summed E-state index contributed by atoms with van der Waals surface area (Å²) < 4.78 is 19.1. The minimum atomic E-state index is -0.957. The Morgan fingerprint density at radius 3 is 2.79 bits per heavy atom. The maximum absolute atomic E-state index is 13.7. The summed E-state index contributed by atoms with van der Waals surface area (Å²) in [4.78, 5) is 12.0. The summed E-state index contributed by atoms with van der Waals surface area (Å²) in [5.41, 5.74) is 1.29. The number of ether oxygens (including phenoxy) is 1. The molecule has 0 saturated carbocycles. The van der Waals surface area contributed by atoms with Crippen molar-refractivity contribution in [2.75, 3.05) is 0 Å². The fourth-order valence-corrected chi connectivity index (χ4v) is 2.52. The maximum Gasteiger partial charge on any atom is 0.345 e. The summed E-state index contributed by atoms with van der Waals surface area (Å²) in [6, 6.07) is 6.51. The van der Waals surface area contributed by atoms with Crippen LogP contribution >= 0.6 is 11.3 Å². The number of aryl methyl sites for hydroxylation is 2. The third-order valence-electron chi connectivity index (χ3n) is 2.77. The van der Waals surface area contributed by atoms with Gasteiger partial charge in [0, 0.05) is 10.4 Å². The highest BCUT2D eigenvalue weighted by Gasteiger charge is 2.12. The molecule has 1 aromatic heterocycles. The fourth-order valence-electron chi connectivity index (χ4n) is 1.66. The van der Waals surface area contributed by atoms with E-state index >= 15 is 0 Å². The highest BCUT2D eigenvalue weighted by atomic mass is 32.1. The van der Waals surface area contributed by atoms with E-state index in [1.54, 1.807) is 31.2 Å².